The lowest BCUT2D eigenvalue weighted by Gasteiger charge is -2.10. The summed E-state index contributed by atoms with van der Waals surface area (Å²) in [5.74, 6) is -0.184. The molecule has 0 aromatic carbocycles. The lowest BCUT2D eigenvalue weighted by atomic mass is 10.1. The molecule has 1 atom stereocenters. The molecular formula is C13H17N3O2S. The van der Waals surface area contributed by atoms with E-state index in [1.165, 1.54) is 0 Å². The van der Waals surface area contributed by atoms with Crippen molar-refractivity contribution >= 4 is 23.1 Å². The number of carbonyl (C=O) groups is 1. The van der Waals surface area contributed by atoms with E-state index in [1.54, 1.807) is 11.3 Å². The van der Waals surface area contributed by atoms with E-state index in [0.29, 0.717) is 11.3 Å². The molecular weight excluding hydrogens is 262 g/mol. The third-order valence-electron chi connectivity index (χ3n) is 2.91. The number of carbonyl (C=O) groups excluding carboxylic acids is 1. The number of nitrogen functional groups attached to an aromatic ring is 1. The maximum absolute atomic E-state index is 12.2. The molecule has 0 fully saturated rings. The normalized spacial score (nSPS) is 12.4. The highest BCUT2D eigenvalue weighted by molar-refractivity contribution is 7.15. The molecule has 1 amide bonds. The Balaban J connectivity index is 2.35. The molecule has 0 bridgehead atoms. The van der Waals surface area contributed by atoms with Crippen molar-refractivity contribution in [1.82, 2.24) is 10.5 Å². The number of nitrogens with two attached hydrogens (primary N) is 1. The van der Waals surface area contributed by atoms with Crippen molar-refractivity contribution in [2.24, 2.45) is 0 Å². The van der Waals surface area contributed by atoms with Gasteiger partial charge in [0.1, 0.15) is 11.3 Å². The molecule has 2 aromatic rings. The van der Waals surface area contributed by atoms with Gasteiger partial charge in [-0.25, -0.2) is 0 Å². The second-order valence-corrected chi connectivity index (χ2v) is 5.75. The maximum atomic E-state index is 12.2. The SMILES string of the molecule is CCC(C)NC(=O)c1c(-c2ccc(C)s2)noc1N. The Morgan fingerprint density at radius 3 is 2.89 bits per heavy atom. The first-order valence-corrected chi connectivity index (χ1v) is 6.97. The minimum absolute atomic E-state index is 0.0573. The van der Waals surface area contributed by atoms with Gasteiger partial charge in [0.15, 0.2) is 0 Å². The van der Waals surface area contributed by atoms with E-state index in [2.05, 4.69) is 10.5 Å². The van der Waals surface area contributed by atoms with Crippen LogP contribution in [0.3, 0.4) is 0 Å². The van der Waals surface area contributed by atoms with Crippen molar-refractivity contribution < 1.29 is 9.32 Å². The molecule has 6 heteroatoms. The molecule has 5 nitrogen and oxygen atoms in total. The molecule has 2 aromatic heterocycles. The van der Waals surface area contributed by atoms with Gasteiger partial charge in [-0.2, -0.15) is 0 Å². The summed E-state index contributed by atoms with van der Waals surface area (Å²) in [6.45, 7) is 5.94. The zero-order chi connectivity index (χ0) is 14.0. The minimum Gasteiger partial charge on any atom is -0.367 e. The molecule has 0 saturated carbocycles. The van der Waals surface area contributed by atoms with Gasteiger partial charge in [0.25, 0.3) is 5.91 Å². The van der Waals surface area contributed by atoms with Gasteiger partial charge in [-0.15, -0.1) is 11.3 Å². The quantitative estimate of drug-likeness (QED) is 0.901. The standard InChI is InChI=1S/C13H17N3O2S/c1-4-7(2)15-13(17)10-11(16-18-12(10)14)9-6-5-8(3)19-9/h5-7H,4,14H2,1-3H3,(H,15,17). The maximum Gasteiger partial charge on any atom is 0.259 e. The summed E-state index contributed by atoms with van der Waals surface area (Å²) in [4.78, 5) is 14.2. The Labute approximate surface area is 115 Å². The van der Waals surface area contributed by atoms with Gasteiger partial charge in [0.05, 0.1) is 4.88 Å². The van der Waals surface area contributed by atoms with Crippen molar-refractivity contribution in [1.29, 1.82) is 0 Å². The third kappa shape index (κ3) is 2.78. The van der Waals surface area contributed by atoms with Crippen LogP contribution in [0.4, 0.5) is 5.88 Å². The zero-order valence-corrected chi connectivity index (χ0v) is 12.0. The van der Waals surface area contributed by atoms with E-state index in [0.717, 1.165) is 16.2 Å². The lowest BCUT2D eigenvalue weighted by molar-refractivity contribution is 0.0940. The van der Waals surface area contributed by atoms with Crippen LogP contribution in [0.2, 0.25) is 0 Å². The summed E-state index contributed by atoms with van der Waals surface area (Å²) >= 11 is 1.55. The highest BCUT2D eigenvalue weighted by atomic mass is 32.1. The first-order valence-electron chi connectivity index (χ1n) is 6.15. The Morgan fingerprint density at radius 1 is 1.58 bits per heavy atom. The Kier molecular flexibility index (Phi) is 3.90. The van der Waals surface area contributed by atoms with Gasteiger partial charge in [0.2, 0.25) is 5.88 Å². The Bertz CT molecular complexity index is 588. The minimum atomic E-state index is -0.242. The van der Waals surface area contributed by atoms with E-state index >= 15 is 0 Å². The highest BCUT2D eigenvalue weighted by Crippen LogP contribution is 2.32. The van der Waals surface area contributed by atoms with Gasteiger partial charge in [-0.3, -0.25) is 4.79 Å². The molecule has 0 aliphatic heterocycles. The second kappa shape index (κ2) is 5.44. The van der Waals surface area contributed by atoms with Crippen LogP contribution in [0.1, 0.15) is 35.5 Å². The summed E-state index contributed by atoms with van der Waals surface area (Å²) in [5, 5.41) is 6.78. The van der Waals surface area contributed by atoms with Crippen molar-refractivity contribution in [3.8, 4) is 10.6 Å². The van der Waals surface area contributed by atoms with Crippen molar-refractivity contribution in [3.05, 3.63) is 22.6 Å². The highest BCUT2D eigenvalue weighted by Gasteiger charge is 2.24. The van der Waals surface area contributed by atoms with Crippen molar-refractivity contribution in [2.75, 3.05) is 5.73 Å². The number of rotatable bonds is 4. The predicted octanol–water partition coefficient (Wildman–Crippen LogP) is 2.82. The zero-order valence-electron chi connectivity index (χ0n) is 11.2. The average molecular weight is 279 g/mol. The van der Waals surface area contributed by atoms with Crippen LogP contribution in [0.5, 0.6) is 0 Å². The van der Waals surface area contributed by atoms with E-state index in [9.17, 15) is 4.79 Å². The number of hydrogen-bond donors (Lipinski definition) is 2. The Morgan fingerprint density at radius 2 is 2.32 bits per heavy atom. The molecule has 0 aliphatic rings. The first-order chi connectivity index (χ1) is 9.02. The van der Waals surface area contributed by atoms with Crippen LogP contribution in [-0.2, 0) is 0 Å². The van der Waals surface area contributed by atoms with Gasteiger partial charge in [-0.1, -0.05) is 12.1 Å². The molecule has 2 heterocycles. The van der Waals surface area contributed by atoms with Crippen LogP contribution in [-0.4, -0.2) is 17.1 Å². The monoisotopic (exact) mass is 279 g/mol. The summed E-state index contributed by atoms with van der Waals surface area (Å²) in [6.07, 6.45) is 0.852. The fourth-order valence-corrected chi connectivity index (χ4v) is 2.51. The topological polar surface area (TPSA) is 81.2 Å². The molecule has 0 radical (unpaired) electrons. The molecule has 0 spiro atoms. The second-order valence-electron chi connectivity index (χ2n) is 4.46. The van der Waals surface area contributed by atoms with Crippen LogP contribution in [0.25, 0.3) is 10.6 Å². The third-order valence-corrected chi connectivity index (χ3v) is 3.92. The number of aryl methyl sites for hydroxylation is 1. The fraction of sp³-hybridized carbons (Fsp3) is 0.385. The summed E-state index contributed by atoms with van der Waals surface area (Å²) in [6, 6.07) is 3.97. The number of thiophene rings is 1. The largest absolute Gasteiger partial charge is 0.367 e. The molecule has 0 saturated heterocycles. The van der Waals surface area contributed by atoms with Gasteiger partial charge >= 0.3 is 0 Å². The van der Waals surface area contributed by atoms with Crippen LogP contribution in [0.15, 0.2) is 16.7 Å². The van der Waals surface area contributed by atoms with E-state index in [4.69, 9.17) is 10.3 Å². The van der Waals surface area contributed by atoms with Crippen molar-refractivity contribution in [2.45, 2.75) is 33.2 Å². The Hall–Kier alpha value is -1.82. The number of aromatic nitrogens is 1. The number of amides is 1. The smallest absolute Gasteiger partial charge is 0.259 e. The van der Waals surface area contributed by atoms with Gasteiger partial charge in [0, 0.05) is 10.9 Å². The summed E-state index contributed by atoms with van der Waals surface area (Å²) < 4.78 is 4.97. The van der Waals surface area contributed by atoms with E-state index in [-0.39, 0.29) is 17.8 Å². The van der Waals surface area contributed by atoms with Crippen molar-refractivity contribution in [3.63, 3.8) is 0 Å². The number of anilines is 1. The van der Waals surface area contributed by atoms with E-state index < -0.39 is 0 Å². The predicted molar refractivity (Wildman–Crippen MR) is 76.2 cm³/mol. The average Bonchev–Trinajstić information content (AvgIpc) is 2.95. The lowest BCUT2D eigenvalue weighted by Crippen LogP contribution is -2.32. The van der Waals surface area contributed by atoms with E-state index in [1.807, 2.05) is 32.9 Å². The van der Waals surface area contributed by atoms with Gasteiger partial charge in [-0.05, 0) is 32.4 Å². The fourth-order valence-electron chi connectivity index (χ4n) is 1.65. The van der Waals surface area contributed by atoms with Gasteiger partial charge < -0.3 is 15.6 Å². The molecule has 1 unspecified atom stereocenters. The van der Waals surface area contributed by atoms with Crippen LogP contribution >= 0.6 is 11.3 Å². The van der Waals surface area contributed by atoms with Crippen LogP contribution < -0.4 is 11.1 Å². The summed E-state index contributed by atoms with van der Waals surface area (Å²) in [5.41, 5.74) is 6.55. The molecule has 0 aliphatic carbocycles. The number of nitrogens with one attached hydrogen (secondary N) is 1. The molecule has 3 N–H and O–H groups in total. The molecule has 19 heavy (non-hydrogen) atoms. The first kappa shape index (κ1) is 13.6. The summed E-state index contributed by atoms with van der Waals surface area (Å²) in [7, 11) is 0. The van der Waals surface area contributed by atoms with Crippen LogP contribution in [0, 0.1) is 6.92 Å². The molecule has 102 valence electrons. The molecule has 2 rings (SSSR count). The number of hydrogen-bond acceptors (Lipinski definition) is 5. The number of nitrogens with zero attached hydrogens (tertiary/aromatic N) is 1.